The summed E-state index contributed by atoms with van der Waals surface area (Å²) >= 11 is 0. The molecule has 1 saturated heterocycles. The van der Waals surface area contributed by atoms with Crippen LogP contribution in [0.1, 0.15) is 68.2 Å². The van der Waals surface area contributed by atoms with Crippen molar-refractivity contribution in [2.45, 2.75) is 69.8 Å². The molecule has 32 heavy (non-hydrogen) atoms. The Labute approximate surface area is 192 Å². The number of carbonyl (C=O) groups excluding carboxylic acids is 1. The highest BCUT2D eigenvalue weighted by Crippen LogP contribution is 2.37. The van der Waals surface area contributed by atoms with Gasteiger partial charge in [0.2, 0.25) is 0 Å². The van der Waals surface area contributed by atoms with Crippen molar-refractivity contribution < 1.29 is 9.90 Å². The summed E-state index contributed by atoms with van der Waals surface area (Å²) in [7, 11) is 0. The number of Topliss-reactive ketones (excluding diaryl/α,β-unsaturated/α-hetero) is 1. The van der Waals surface area contributed by atoms with E-state index in [0.29, 0.717) is 12.8 Å². The fourth-order valence-electron chi connectivity index (χ4n) is 5.35. The summed E-state index contributed by atoms with van der Waals surface area (Å²) < 4.78 is 0. The van der Waals surface area contributed by atoms with Crippen LogP contribution in [0.5, 0.6) is 0 Å². The lowest BCUT2D eigenvalue weighted by molar-refractivity contribution is -0.128. The lowest BCUT2D eigenvalue weighted by Gasteiger charge is -2.42. The van der Waals surface area contributed by atoms with E-state index in [-0.39, 0.29) is 5.78 Å². The number of piperidine rings is 1. The fourth-order valence-corrected chi connectivity index (χ4v) is 5.35. The molecule has 1 fully saturated rings. The van der Waals surface area contributed by atoms with Gasteiger partial charge in [-0.25, -0.2) is 4.98 Å². The van der Waals surface area contributed by atoms with E-state index < -0.39 is 11.5 Å². The second-order valence-electron chi connectivity index (χ2n) is 9.55. The smallest absolute Gasteiger partial charge is 0.140 e. The summed E-state index contributed by atoms with van der Waals surface area (Å²) in [4.78, 5) is 19.6. The number of aromatic nitrogens is 1. The normalized spacial score (nSPS) is 19.1. The average Bonchev–Trinajstić information content (AvgIpc) is 2.80. The van der Waals surface area contributed by atoms with Crippen molar-refractivity contribution in [3.63, 3.8) is 0 Å². The Morgan fingerprint density at radius 1 is 1.12 bits per heavy atom. The molecule has 1 aromatic heterocycles. The van der Waals surface area contributed by atoms with Gasteiger partial charge in [0.05, 0.1) is 11.5 Å². The minimum Gasteiger partial charge on any atom is -0.389 e. The number of nitrogens with one attached hydrogen (secondary N) is 1. The first kappa shape index (κ1) is 22.9. The molecule has 3 heterocycles. The largest absolute Gasteiger partial charge is 0.389 e. The van der Waals surface area contributed by atoms with Crippen LogP contribution in [0.15, 0.2) is 42.5 Å². The van der Waals surface area contributed by atoms with Gasteiger partial charge >= 0.3 is 0 Å². The number of hydrogen-bond donors (Lipinski definition) is 2. The molecule has 172 valence electrons. The average molecular weight is 436 g/mol. The van der Waals surface area contributed by atoms with E-state index in [2.05, 4.69) is 22.3 Å². The summed E-state index contributed by atoms with van der Waals surface area (Å²) in [5, 5.41) is 14.8. The summed E-state index contributed by atoms with van der Waals surface area (Å²) in [6, 6.07) is 14.2. The van der Waals surface area contributed by atoms with Crippen LogP contribution >= 0.6 is 0 Å². The highest BCUT2D eigenvalue weighted by molar-refractivity contribution is 5.84. The van der Waals surface area contributed by atoms with E-state index in [1.807, 2.05) is 30.3 Å². The van der Waals surface area contributed by atoms with Gasteiger partial charge in [0.15, 0.2) is 0 Å². The molecule has 0 saturated carbocycles. The van der Waals surface area contributed by atoms with Crippen LogP contribution in [0.2, 0.25) is 0 Å². The van der Waals surface area contributed by atoms with E-state index in [9.17, 15) is 9.90 Å². The van der Waals surface area contributed by atoms with Crippen LogP contribution in [-0.4, -0.2) is 52.6 Å². The molecule has 0 amide bonds. The molecule has 0 unspecified atom stereocenters. The van der Waals surface area contributed by atoms with Gasteiger partial charge < -0.3 is 15.3 Å². The Morgan fingerprint density at radius 3 is 2.66 bits per heavy atom. The number of nitrogens with zero attached hydrogens (tertiary/aromatic N) is 2. The van der Waals surface area contributed by atoms with Crippen LogP contribution < -0.4 is 5.32 Å². The first-order valence-corrected chi connectivity index (χ1v) is 12.3. The molecule has 0 aliphatic carbocycles. The summed E-state index contributed by atoms with van der Waals surface area (Å²) in [5.74, 6) is 0.719. The molecule has 5 nitrogen and oxygen atoms in total. The Kier molecular flexibility index (Phi) is 7.59. The van der Waals surface area contributed by atoms with E-state index >= 15 is 0 Å². The molecule has 0 spiro atoms. The number of unbranched alkanes of at least 4 members (excludes halogenated alkanes) is 2. The van der Waals surface area contributed by atoms with Crippen molar-refractivity contribution >= 4 is 11.6 Å². The van der Waals surface area contributed by atoms with E-state index in [1.54, 1.807) is 6.92 Å². The van der Waals surface area contributed by atoms with Gasteiger partial charge in [-0.05, 0) is 75.6 Å². The zero-order valence-corrected chi connectivity index (χ0v) is 19.4. The maximum Gasteiger partial charge on any atom is 0.140 e. The van der Waals surface area contributed by atoms with E-state index in [0.717, 1.165) is 63.2 Å². The van der Waals surface area contributed by atoms with Gasteiger partial charge in [-0.2, -0.15) is 0 Å². The molecule has 2 N–H and O–H groups in total. The number of aryl methyl sites for hydroxylation is 2. The minimum absolute atomic E-state index is 0.0538. The number of rotatable bonds is 9. The van der Waals surface area contributed by atoms with Crippen molar-refractivity contribution in [3.8, 4) is 0 Å². The van der Waals surface area contributed by atoms with E-state index in [4.69, 9.17) is 4.98 Å². The van der Waals surface area contributed by atoms with Crippen LogP contribution in [-0.2, 0) is 17.6 Å². The van der Waals surface area contributed by atoms with Crippen LogP contribution in [0.4, 0.5) is 5.82 Å². The number of hydrogen-bond acceptors (Lipinski definition) is 5. The Balaban J connectivity index is 1.19. The summed E-state index contributed by atoms with van der Waals surface area (Å²) in [5.41, 5.74) is 2.54. The third kappa shape index (κ3) is 5.57. The number of benzene rings is 1. The van der Waals surface area contributed by atoms with Crippen molar-refractivity contribution in [3.05, 3.63) is 59.3 Å². The van der Waals surface area contributed by atoms with Crippen molar-refractivity contribution in [2.24, 2.45) is 0 Å². The van der Waals surface area contributed by atoms with Gasteiger partial charge in [-0.1, -0.05) is 42.8 Å². The third-order valence-corrected chi connectivity index (χ3v) is 7.16. The first-order chi connectivity index (χ1) is 15.5. The predicted octanol–water partition coefficient (Wildman–Crippen LogP) is 4.35. The number of carbonyl (C=O) groups is 1. The highest BCUT2D eigenvalue weighted by Gasteiger charge is 2.42. The molecule has 4 rings (SSSR count). The molecule has 2 aliphatic rings. The maximum atomic E-state index is 12.4. The number of ketones is 1. The molecular formula is C27H37N3O2. The van der Waals surface area contributed by atoms with Crippen molar-refractivity contribution in [1.82, 2.24) is 9.88 Å². The molecular weight excluding hydrogens is 398 g/mol. The zero-order chi connectivity index (χ0) is 22.4. The monoisotopic (exact) mass is 435 g/mol. The summed E-state index contributed by atoms with van der Waals surface area (Å²) in [6.07, 6.45) is 8.18. The number of anilines is 1. The minimum atomic E-state index is -0.935. The third-order valence-electron chi connectivity index (χ3n) is 7.16. The number of aliphatic hydroxyl groups is 1. The van der Waals surface area contributed by atoms with Gasteiger partial charge in [0, 0.05) is 25.3 Å². The second kappa shape index (κ2) is 10.6. The van der Waals surface area contributed by atoms with Crippen molar-refractivity contribution in [1.29, 1.82) is 0 Å². The number of likely N-dealkylation sites (tertiary alicyclic amines) is 1. The summed E-state index contributed by atoms with van der Waals surface area (Å²) in [6.45, 7) is 5.41. The maximum absolute atomic E-state index is 12.4. The molecule has 1 aromatic carbocycles. The quantitative estimate of drug-likeness (QED) is 0.573. The molecule has 0 radical (unpaired) electrons. The van der Waals surface area contributed by atoms with Gasteiger partial charge in [0.1, 0.15) is 11.6 Å². The van der Waals surface area contributed by atoms with Gasteiger partial charge in [-0.3, -0.25) is 4.79 Å². The topological polar surface area (TPSA) is 65.5 Å². The SMILES string of the molecule is CC(=O)[C@H](c1ccccc1)C1(O)CCN(CCCCCc2ccc3c(n2)NCCC3)CC1. The van der Waals surface area contributed by atoms with Crippen LogP contribution in [0.3, 0.4) is 0 Å². The molecule has 1 atom stereocenters. The zero-order valence-electron chi connectivity index (χ0n) is 19.4. The molecule has 0 bridgehead atoms. The van der Waals surface area contributed by atoms with E-state index in [1.165, 1.54) is 24.1 Å². The van der Waals surface area contributed by atoms with Crippen molar-refractivity contribution in [2.75, 3.05) is 31.5 Å². The second-order valence-corrected chi connectivity index (χ2v) is 9.55. The van der Waals surface area contributed by atoms with Gasteiger partial charge in [0.25, 0.3) is 0 Å². The first-order valence-electron chi connectivity index (χ1n) is 12.3. The Bertz CT molecular complexity index is 891. The Morgan fingerprint density at radius 2 is 1.91 bits per heavy atom. The lowest BCUT2D eigenvalue weighted by atomic mass is 9.74. The standard InChI is InChI=1S/C27H37N3O2/c1-21(31)25(22-9-4-2-5-10-22)27(32)15-19-30(20-16-27)18-7-3-6-12-24-14-13-23-11-8-17-28-26(23)29-24/h2,4-5,9-10,13-14,25,32H,3,6-8,11-12,15-20H2,1H3,(H,28,29)/t25-/m1/s1. The molecule has 2 aromatic rings. The fraction of sp³-hybridized carbons (Fsp3) is 0.556. The molecule has 5 heteroatoms. The lowest BCUT2D eigenvalue weighted by Crippen LogP contribution is -2.49. The molecule has 2 aliphatic heterocycles. The van der Waals surface area contributed by atoms with Crippen LogP contribution in [0, 0.1) is 0 Å². The number of pyridine rings is 1. The van der Waals surface area contributed by atoms with Crippen LogP contribution in [0.25, 0.3) is 0 Å². The Hall–Kier alpha value is -2.24. The predicted molar refractivity (Wildman–Crippen MR) is 129 cm³/mol. The number of fused-ring (bicyclic) bond motifs is 1. The highest BCUT2D eigenvalue weighted by atomic mass is 16.3. The van der Waals surface area contributed by atoms with Gasteiger partial charge in [-0.15, -0.1) is 0 Å².